The van der Waals surface area contributed by atoms with Crippen molar-refractivity contribution in [3.8, 4) is 17.0 Å². The Hall–Kier alpha value is -4.06. The Morgan fingerprint density at radius 3 is 2.56 bits per heavy atom. The van der Waals surface area contributed by atoms with Crippen molar-refractivity contribution >= 4 is 28.8 Å². The lowest BCUT2D eigenvalue weighted by Gasteiger charge is -2.16. The zero-order valence-electron chi connectivity index (χ0n) is 21.2. The van der Waals surface area contributed by atoms with Crippen molar-refractivity contribution in [3.63, 3.8) is 0 Å². The molecule has 0 saturated heterocycles. The predicted molar refractivity (Wildman–Crippen MR) is 143 cm³/mol. The first-order chi connectivity index (χ1) is 17.3. The molecule has 6 heteroatoms. The van der Waals surface area contributed by atoms with E-state index < -0.39 is 5.41 Å². The molecule has 4 aromatic rings. The molecule has 2 aromatic heterocycles. The zero-order chi connectivity index (χ0) is 25.7. The first-order valence-corrected chi connectivity index (χ1v) is 12.2. The van der Waals surface area contributed by atoms with Crippen LogP contribution in [0.1, 0.15) is 48.8 Å². The number of aromatic nitrogens is 2. The van der Waals surface area contributed by atoms with Crippen molar-refractivity contribution in [1.82, 2.24) is 9.97 Å². The number of carbonyl (C=O) groups excluding carboxylic acids is 2. The number of amides is 1. The van der Waals surface area contributed by atoms with Crippen LogP contribution in [0.3, 0.4) is 0 Å². The van der Waals surface area contributed by atoms with E-state index in [2.05, 4.69) is 28.3 Å². The van der Waals surface area contributed by atoms with Crippen LogP contribution in [0, 0.1) is 12.3 Å². The van der Waals surface area contributed by atoms with Gasteiger partial charge in [-0.25, -0.2) is 4.98 Å². The Morgan fingerprint density at radius 2 is 1.83 bits per heavy atom. The molecular weight excluding hydrogens is 450 g/mol. The highest BCUT2D eigenvalue weighted by Gasteiger charge is 2.18. The Bertz CT molecular complexity index is 1390. The van der Waals surface area contributed by atoms with Gasteiger partial charge in [-0.1, -0.05) is 43.7 Å². The van der Waals surface area contributed by atoms with Gasteiger partial charge in [0.2, 0.25) is 5.88 Å². The lowest BCUT2D eigenvalue weighted by atomic mass is 9.98. The molecule has 0 fully saturated rings. The summed E-state index contributed by atoms with van der Waals surface area (Å²) in [6.07, 6.45) is 4.52. The number of pyridine rings is 2. The fourth-order valence-electron chi connectivity index (χ4n) is 3.98. The molecule has 0 spiro atoms. The van der Waals surface area contributed by atoms with Crippen LogP contribution in [0.25, 0.3) is 22.0 Å². The van der Waals surface area contributed by atoms with E-state index in [1.807, 2.05) is 69.3 Å². The summed E-state index contributed by atoms with van der Waals surface area (Å²) in [6, 6.07) is 19.3. The third kappa shape index (κ3) is 5.77. The highest BCUT2D eigenvalue weighted by atomic mass is 16.5. The number of anilines is 1. The molecule has 184 valence electrons. The molecular formula is C30H31N3O3. The van der Waals surface area contributed by atoms with Gasteiger partial charge in [-0.15, -0.1) is 0 Å². The standard InChI is InChI=1S/C30H31N3O3/c1-5-8-21-9-6-7-10-26(21)33-29(35)25-15-20(2)32-27-16-22(11-13-24(25)27)23-12-14-28(31-17-23)36-19-30(3,4)18-34/h6-7,9-18H,5,8,19H2,1-4H3,(H,33,35). The molecule has 0 aliphatic rings. The fraction of sp³-hybridized carbons (Fsp3) is 0.267. The van der Waals surface area contributed by atoms with Gasteiger partial charge in [0.1, 0.15) is 12.9 Å². The van der Waals surface area contributed by atoms with Crippen LogP contribution >= 0.6 is 0 Å². The SMILES string of the molecule is CCCc1ccccc1NC(=O)c1cc(C)nc2cc(-c3ccc(OCC(C)(C)C=O)nc3)ccc12. The number of carbonyl (C=O) groups is 2. The van der Waals surface area contributed by atoms with Crippen LogP contribution < -0.4 is 10.1 Å². The van der Waals surface area contributed by atoms with Crippen molar-refractivity contribution < 1.29 is 14.3 Å². The summed E-state index contributed by atoms with van der Waals surface area (Å²) < 4.78 is 5.65. The van der Waals surface area contributed by atoms with Crippen LogP contribution in [0.5, 0.6) is 5.88 Å². The second-order valence-electron chi connectivity index (χ2n) is 9.68. The molecule has 6 nitrogen and oxygen atoms in total. The molecule has 0 radical (unpaired) electrons. The van der Waals surface area contributed by atoms with Crippen molar-refractivity contribution in [2.75, 3.05) is 11.9 Å². The van der Waals surface area contributed by atoms with E-state index in [-0.39, 0.29) is 12.5 Å². The molecule has 0 aliphatic carbocycles. The van der Waals surface area contributed by atoms with E-state index in [0.29, 0.717) is 11.4 Å². The van der Waals surface area contributed by atoms with Gasteiger partial charge in [0, 0.05) is 34.6 Å². The van der Waals surface area contributed by atoms with Gasteiger partial charge in [0.15, 0.2) is 0 Å². The van der Waals surface area contributed by atoms with Crippen LogP contribution in [0.15, 0.2) is 66.9 Å². The lowest BCUT2D eigenvalue weighted by Crippen LogP contribution is -2.22. The first kappa shape index (κ1) is 25.0. The van der Waals surface area contributed by atoms with E-state index in [1.165, 1.54) is 0 Å². The van der Waals surface area contributed by atoms with E-state index in [0.717, 1.165) is 58.1 Å². The minimum absolute atomic E-state index is 0.150. The van der Waals surface area contributed by atoms with Gasteiger partial charge in [-0.3, -0.25) is 9.78 Å². The molecule has 0 bridgehead atoms. The lowest BCUT2D eigenvalue weighted by molar-refractivity contribution is -0.116. The number of hydrogen-bond acceptors (Lipinski definition) is 5. The first-order valence-electron chi connectivity index (χ1n) is 12.2. The maximum Gasteiger partial charge on any atom is 0.256 e. The number of ether oxygens (including phenoxy) is 1. The Labute approximate surface area is 211 Å². The maximum atomic E-state index is 13.3. The van der Waals surface area contributed by atoms with Crippen molar-refractivity contribution in [3.05, 3.63) is 83.7 Å². The third-order valence-electron chi connectivity index (χ3n) is 5.95. The Morgan fingerprint density at radius 1 is 1.06 bits per heavy atom. The van der Waals surface area contributed by atoms with Crippen molar-refractivity contribution in [2.45, 2.75) is 40.5 Å². The second kappa shape index (κ2) is 10.7. The largest absolute Gasteiger partial charge is 0.477 e. The number of aryl methyl sites for hydroxylation is 2. The fourth-order valence-corrected chi connectivity index (χ4v) is 3.98. The molecule has 0 atom stereocenters. The van der Waals surface area contributed by atoms with Gasteiger partial charge in [0.05, 0.1) is 16.5 Å². The molecule has 1 N–H and O–H groups in total. The minimum Gasteiger partial charge on any atom is -0.477 e. The van der Waals surface area contributed by atoms with Gasteiger partial charge in [0.25, 0.3) is 5.91 Å². The van der Waals surface area contributed by atoms with Crippen molar-refractivity contribution in [2.24, 2.45) is 5.41 Å². The highest BCUT2D eigenvalue weighted by Crippen LogP contribution is 2.28. The normalized spacial score (nSPS) is 11.3. The summed E-state index contributed by atoms with van der Waals surface area (Å²) in [5.41, 5.74) is 5.35. The van der Waals surface area contributed by atoms with E-state index in [1.54, 1.807) is 12.3 Å². The van der Waals surface area contributed by atoms with Gasteiger partial charge in [-0.2, -0.15) is 0 Å². The van der Waals surface area contributed by atoms with Crippen LogP contribution in [0.4, 0.5) is 5.69 Å². The average Bonchev–Trinajstić information content (AvgIpc) is 2.88. The Kier molecular flexibility index (Phi) is 7.44. The van der Waals surface area contributed by atoms with Crippen LogP contribution in [-0.4, -0.2) is 28.8 Å². The zero-order valence-corrected chi connectivity index (χ0v) is 21.2. The molecule has 0 unspecified atom stereocenters. The predicted octanol–water partition coefficient (Wildman–Crippen LogP) is 6.41. The molecule has 2 aromatic carbocycles. The summed E-state index contributed by atoms with van der Waals surface area (Å²) in [5.74, 6) is 0.314. The number of hydrogen-bond donors (Lipinski definition) is 1. The number of rotatable bonds is 9. The molecule has 0 aliphatic heterocycles. The van der Waals surface area contributed by atoms with E-state index >= 15 is 0 Å². The van der Waals surface area contributed by atoms with E-state index in [9.17, 15) is 9.59 Å². The summed E-state index contributed by atoms with van der Waals surface area (Å²) in [7, 11) is 0. The second-order valence-corrected chi connectivity index (χ2v) is 9.68. The van der Waals surface area contributed by atoms with Crippen molar-refractivity contribution in [1.29, 1.82) is 0 Å². The maximum absolute atomic E-state index is 13.3. The van der Waals surface area contributed by atoms with Crippen LogP contribution in [-0.2, 0) is 11.2 Å². The number of nitrogens with zero attached hydrogens (tertiary/aromatic N) is 2. The minimum atomic E-state index is -0.565. The third-order valence-corrected chi connectivity index (χ3v) is 5.95. The monoisotopic (exact) mass is 481 g/mol. The molecule has 36 heavy (non-hydrogen) atoms. The van der Waals surface area contributed by atoms with Gasteiger partial charge in [-0.05, 0) is 62.6 Å². The van der Waals surface area contributed by atoms with Gasteiger partial charge >= 0.3 is 0 Å². The molecule has 2 heterocycles. The summed E-state index contributed by atoms with van der Waals surface area (Å²) >= 11 is 0. The number of para-hydroxylation sites is 1. The Balaban J connectivity index is 1.60. The quantitative estimate of drug-likeness (QED) is 0.279. The molecule has 0 saturated carbocycles. The van der Waals surface area contributed by atoms with Crippen LogP contribution in [0.2, 0.25) is 0 Å². The topological polar surface area (TPSA) is 81.2 Å². The summed E-state index contributed by atoms with van der Waals surface area (Å²) in [4.78, 5) is 33.5. The molecule has 1 amide bonds. The smallest absolute Gasteiger partial charge is 0.256 e. The summed E-state index contributed by atoms with van der Waals surface area (Å²) in [6.45, 7) is 7.91. The highest BCUT2D eigenvalue weighted by molar-refractivity contribution is 6.13. The number of nitrogens with one attached hydrogen (secondary N) is 1. The van der Waals surface area contributed by atoms with Gasteiger partial charge < -0.3 is 14.8 Å². The number of benzene rings is 2. The number of aldehydes is 1. The van der Waals surface area contributed by atoms with E-state index in [4.69, 9.17) is 4.74 Å². The summed E-state index contributed by atoms with van der Waals surface area (Å²) in [5, 5.41) is 3.89. The average molecular weight is 482 g/mol. The number of fused-ring (bicyclic) bond motifs is 1. The molecule has 4 rings (SSSR count).